The molecular weight excluding hydrogens is 399 g/mol. The molecule has 2 aromatic heterocycles. The van der Waals surface area contributed by atoms with Gasteiger partial charge in [0.05, 0.1) is 22.8 Å². The van der Waals surface area contributed by atoms with Crippen molar-refractivity contribution in [3.8, 4) is 0 Å². The Labute approximate surface area is 172 Å². The molecule has 148 valence electrons. The third-order valence-electron chi connectivity index (χ3n) is 5.02. The van der Waals surface area contributed by atoms with E-state index in [-0.39, 0.29) is 5.56 Å². The summed E-state index contributed by atoms with van der Waals surface area (Å²) < 4.78 is 1.75. The number of aromatic amines is 1. The fourth-order valence-corrected chi connectivity index (χ4v) is 3.83. The fraction of sp³-hybridized carbons (Fsp3) is 0.421. The van der Waals surface area contributed by atoms with E-state index >= 15 is 0 Å². The molecule has 0 amide bonds. The monoisotopic (exact) mass is 420 g/mol. The van der Waals surface area contributed by atoms with E-state index in [0.717, 1.165) is 25.2 Å². The first-order valence-electron chi connectivity index (χ1n) is 9.46. The van der Waals surface area contributed by atoms with Crippen LogP contribution in [0.15, 0.2) is 29.2 Å². The molecule has 28 heavy (non-hydrogen) atoms. The Bertz CT molecular complexity index is 1020. The van der Waals surface area contributed by atoms with E-state index in [1.165, 1.54) is 19.3 Å². The normalized spacial score (nSPS) is 15.2. The zero-order valence-electron chi connectivity index (χ0n) is 15.4. The van der Waals surface area contributed by atoms with Gasteiger partial charge in [0, 0.05) is 13.1 Å². The lowest BCUT2D eigenvalue weighted by atomic mass is 10.1. The molecule has 4 rings (SSSR count). The molecule has 2 N–H and O–H groups in total. The van der Waals surface area contributed by atoms with Gasteiger partial charge in [0.25, 0.3) is 5.56 Å². The van der Waals surface area contributed by atoms with Crippen LogP contribution in [0.1, 0.15) is 24.8 Å². The van der Waals surface area contributed by atoms with Crippen LogP contribution in [0, 0.1) is 0 Å². The summed E-state index contributed by atoms with van der Waals surface area (Å²) in [5, 5.41) is 8.49. The standard InChI is InChI=1S/C19H22Cl2N6O/c20-14-5-4-13(10-15(14)21)11-22-19-24-16-12-23-27(17(16)18(28)25-19)9-8-26-6-2-1-3-7-26/h4-5,10,12H,1-3,6-9,11H2,(H2,22,24,25,28). The first-order chi connectivity index (χ1) is 13.6. The SMILES string of the molecule is O=c1[nH]c(NCc2ccc(Cl)c(Cl)c2)nc2cnn(CCN3CCCCC3)c12. The van der Waals surface area contributed by atoms with Gasteiger partial charge < -0.3 is 10.2 Å². The molecule has 1 saturated heterocycles. The third-order valence-corrected chi connectivity index (χ3v) is 5.76. The topological polar surface area (TPSA) is 78.8 Å². The predicted molar refractivity (Wildman–Crippen MR) is 112 cm³/mol. The van der Waals surface area contributed by atoms with Gasteiger partial charge in [-0.15, -0.1) is 0 Å². The van der Waals surface area contributed by atoms with Crippen LogP contribution in [0.2, 0.25) is 10.0 Å². The summed E-state index contributed by atoms with van der Waals surface area (Å²) in [7, 11) is 0. The number of nitrogens with one attached hydrogen (secondary N) is 2. The number of fused-ring (bicyclic) bond motifs is 1. The van der Waals surface area contributed by atoms with E-state index in [1.807, 2.05) is 6.07 Å². The van der Waals surface area contributed by atoms with Crippen LogP contribution in [-0.4, -0.2) is 44.3 Å². The lowest BCUT2D eigenvalue weighted by molar-refractivity contribution is 0.219. The number of hydrogen-bond acceptors (Lipinski definition) is 5. The summed E-state index contributed by atoms with van der Waals surface area (Å²) in [6.07, 6.45) is 5.44. The minimum Gasteiger partial charge on any atom is -0.352 e. The fourth-order valence-electron chi connectivity index (χ4n) is 3.51. The smallest absolute Gasteiger partial charge is 0.278 e. The van der Waals surface area contributed by atoms with Gasteiger partial charge in [0.15, 0.2) is 5.52 Å². The Balaban J connectivity index is 1.46. The average Bonchev–Trinajstić information content (AvgIpc) is 3.12. The van der Waals surface area contributed by atoms with Crippen molar-refractivity contribution < 1.29 is 0 Å². The molecule has 1 aliphatic rings. The van der Waals surface area contributed by atoms with Crippen molar-refractivity contribution in [1.29, 1.82) is 0 Å². The molecule has 3 heterocycles. The maximum atomic E-state index is 12.6. The first-order valence-corrected chi connectivity index (χ1v) is 10.2. The summed E-state index contributed by atoms with van der Waals surface area (Å²) >= 11 is 12.0. The van der Waals surface area contributed by atoms with E-state index in [4.69, 9.17) is 23.2 Å². The second-order valence-corrected chi connectivity index (χ2v) is 7.83. The van der Waals surface area contributed by atoms with Crippen molar-refractivity contribution in [2.24, 2.45) is 0 Å². The molecule has 1 aliphatic heterocycles. The van der Waals surface area contributed by atoms with Crippen molar-refractivity contribution >= 4 is 40.2 Å². The Morgan fingerprint density at radius 2 is 1.93 bits per heavy atom. The summed E-state index contributed by atoms with van der Waals surface area (Å²) in [6.45, 7) is 4.29. The molecule has 1 aromatic carbocycles. The molecule has 0 bridgehead atoms. The molecule has 0 atom stereocenters. The van der Waals surface area contributed by atoms with Crippen LogP contribution in [0.25, 0.3) is 11.0 Å². The highest BCUT2D eigenvalue weighted by Gasteiger charge is 2.14. The molecule has 1 fully saturated rings. The molecule has 3 aromatic rings. The number of H-pyrrole nitrogens is 1. The Morgan fingerprint density at radius 3 is 2.71 bits per heavy atom. The minimum atomic E-state index is -0.196. The van der Waals surface area contributed by atoms with Gasteiger partial charge in [-0.25, -0.2) is 4.98 Å². The van der Waals surface area contributed by atoms with Gasteiger partial charge in [-0.05, 0) is 43.6 Å². The number of hydrogen-bond donors (Lipinski definition) is 2. The summed E-state index contributed by atoms with van der Waals surface area (Å²) in [5.74, 6) is 0.402. The van der Waals surface area contributed by atoms with E-state index in [2.05, 4.69) is 25.3 Å². The molecular formula is C19H22Cl2N6O. The second-order valence-electron chi connectivity index (χ2n) is 7.02. The van der Waals surface area contributed by atoms with Gasteiger partial charge in [0.1, 0.15) is 5.52 Å². The van der Waals surface area contributed by atoms with Crippen LogP contribution in [0.5, 0.6) is 0 Å². The number of likely N-dealkylation sites (tertiary alicyclic amines) is 1. The molecule has 0 spiro atoms. The Morgan fingerprint density at radius 1 is 1.11 bits per heavy atom. The van der Waals surface area contributed by atoms with Gasteiger partial charge in [-0.1, -0.05) is 35.7 Å². The highest BCUT2D eigenvalue weighted by molar-refractivity contribution is 6.42. The number of halogens is 2. The lowest BCUT2D eigenvalue weighted by Gasteiger charge is -2.26. The van der Waals surface area contributed by atoms with Gasteiger partial charge in [-0.3, -0.25) is 14.5 Å². The van der Waals surface area contributed by atoms with Crippen LogP contribution in [-0.2, 0) is 13.1 Å². The zero-order chi connectivity index (χ0) is 19.5. The minimum absolute atomic E-state index is 0.196. The number of piperidine rings is 1. The molecule has 0 unspecified atom stereocenters. The van der Waals surface area contributed by atoms with Crippen LogP contribution < -0.4 is 10.9 Å². The maximum Gasteiger partial charge on any atom is 0.278 e. The summed E-state index contributed by atoms with van der Waals surface area (Å²) in [5.41, 5.74) is 1.84. The molecule has 0 aliphatic carbocycles. The first kappa shape index (κ1) is 19.2. The zero-order valence-corrected chi connectivity index (χ0v) is 16.9. The summed E-state index contributed by atoms with van der Waals surface area (Å²) in [4.78, 5) is 22.3. The highest BCUT2D eigenvalue weighted by atomic mass is 35.5. The van der Waals surface area contributed by atoms with E-state index in [0.29, 0.717) is 40.1 Å². The summed E-state index contributed by atoms with van der Waals surface area (Å²) in [6, 6.07) is 5.40. The van der Waals surface area contributed by atoms with Crippen molar-refractivity contribution in [1.82, 2.24) is 24.6 Å². The van der Waals surface area contributed by atoms with E-state index in [9.17, 15) is 4.79 Å². The predicted octanol–water partition coefficient (Wildman–Crippen LogP) is 3.52. The van der Waals surface area contributed by atoms with Crippen molar-refractivity contribution in [2.75, 3.05) is 25.0 Å². The van der Waals surface area contributed by atoms with Crippen molar-refractivity contribution in [2.45, 2.75) is 32.4 Å². The average molecular weight is 421 g/mol. The van der Waals surface area contributed by atoms with E-state index in [1.54, 1.807) is 23.0 Å². The highest BCUT2D eigenvalue weighted by Crippen LogP contribution is 2.23. The third kappa shape index (κ3) is 4.32. The van der Waals surface area contributed by atoms with Crippen molar-refractivity contribution in [3.63, 3.8) is 0 Å². The number of benzene rings is 1. The van der Waals surface area contributed by atoms with Gasteiger partial charge in [0.2, 0.25) is 5.95 Å². The largest absolute Gasteiger partial charge is 0.352 e. The number of anilines is 1. The van der Waals surface area contributed by atoms with Gasteiger partial charge in [-0.2, -0.15) is 5.10 Å². The second kappa shape index (κ2) is 8.51. The maximum absolute atomic E-state index is 12.6. The number of aromatic nitrogens is 4. The number of rotatable bonds is 6. The lowest BCUT2D eigenvalue weighted by Crippen LogP contribution is -2.33. The Kier molecular flexibility index (Phi) is 5.85. The van der Waals surface area contributed by atoms with Gasteiger partial charge >= 0.3 is 0 Å². The molecule has 7 nitrogen and oxygen atoms in total. The quantitative estimate of drug-likeness (QED) is 0.637. The molecule has 0 radical (unpaired) electrons. The molecule has 9 heteroatoms. The molecule has 0 saturated carbocycles. The van der Waals surface area contributed by atoms with E-state index < -0.39 is 0 Å². The van der Waals surface area contributed by atoms with Crippen LogP contribution in [0.4, 0.5) is 5.95 Å². The number of nitrogens with zero attached hydrogens (tertiary/aromatic N) is 4. The van der Waals surface area contributed by atoms with Crippen molar-refractivity contribution in [3.05, 3.63) is 50.4 Å². The van der Waals surface area contributed by atoms with Crippen LogP contribution in [0.3, 0.4) is 0 Å². The Hall–Kier alpha value is -2.09. The van der Waals surface area contributed by atoms with Crippen LogP contribution >= 0.6 is 23.2 Å².